The summed E-state index contributed by atoms with van der Waals surface area (Å²) in [5, 5.41) is 13.5. The van der Waals surface area contributed by atoms with Gasteiger partial charge in [-0.3, -0.25) is 9.59 Å². The lowest BCUT2D eigenvalue weighted by atomic mass is 9.85. The Morgan fingerprint density at radius 2 is 1.86 bits per heavy atom. The Bertz CT molecular complexity index is 1220. The van der Waals surface area contributed by atoms with Gasteiger partial charge in [0.25, 0.3) is 0 Å². The molecule has 1 atom stereocenters. The van der Waals surface area contributed by atoms with Crippen LogP contribution in [-0.4, -0.2) is 46.8 Å². The largest absolute Gasteiger partial charge is 0.466 e. The normalized spacial score (nSPS) is 14.8. The Kier molecular flexibility index (Phi) is 8.37. The number of amides is 1. The smallest absolute Gasteiger partial charge is 0.320 e. The summed E-state index contributed by atoms with van der Waals surface area (Å²) in [6.07, 6.45) is 4.37. The van der Waals surface area contributed by atoms with E-state index in [4.69, 9.17) is 9.15 Å². The average molecular weight is 507 g/mol. The molecule has 0 radical (unpaired) electrons. The Labute approximate surface area is 216 Å². The molecule has 1 aromatic carbocycles. The third kappa shape index (κ3) is 6.44. The summed E-state index contributed by atoms with van der Waals surface area (Å²) in [6, 6.07) is 9.87. The number of aryl methyl sites for hydroxylation is 2. The van der Waals surface area contributed by atoms with Crippen LogP contribution in [0.3, 0.4) is 0 Å². The van der Waals surface area contributed by atoms with Crippen molar-refractivity contribution in [3.05, 3.63) is 53.5 Å². The van der Waals surface area contributed by atoms with Gasteiger partial charge in [0.05, 0.1) is 24.4 Å². The van der Waals surface area contributed by atoms with E-state index < -0.39 is 5.91 Å². The molecule has 1 amide bonds. The standard InChI is InChI=1S/C27H34N6O4/c1-5-19-7-9-21(10-8-19)30-27-32-31-25(37-27)24(34)29-22-15-17(3)23(28-16-22)33-13-11-20(12-14-33)18(4)26(35)36-6-2/h7-10,15-16,18,20H,5-6,11-14H2,1-4H3,(H,29,34)(H,30,32). The number of piperidine rings is 1. The molecule has 196 valence electrons. The highest BCUT2D eigenvalue weighted by molar-refractivity contribution is 6.01. The number of hydrogen-bond donors (Lipinski definition) is 2. The van der Waals surface area contributed by atoms with Crippen molar-refractivity contribution < 1.29 is 18.7 Å². The molecule has 10 heteroatoms. The van der Waals surface area contributed by atoms with Gasteiger partial charge in [-0.2, -0.15) is 0 Å². The van der Waals surface area contributed by atoms with E-state index in [1.165, 1.54) is 5.56 Å². The van der Waals surface area contributed by atoms with Gasteiger partial charge in [-0.1, -0.05) is 31.1 Å². The molecule has 1 saturated heterocycles. The topological polar surface area (TPSA) is 122 Å². The lowest BCUT2D eigenvalue weighted by Crippen LogP contribution is -2.38. The monoisotopic (exact) mass is 506 g/mol. The van der Waals surface area contributed by atoms with Crippen LogP contribution in [0.2, 0.25) is 0 Å². The molecule has 2 N–H and O–H groups in total. The van der Waals surface area contributed by atoms with Gasteiger partial charge in [-0.15, -0.1) is 5.10 Å². The van der Waals surface area contributed by atoms with E-state index in [0.717, 1.165) is 49.4 Å². The first-order valence-corrected chi connectivity index (χ1v) is 12.8. The van der Waals surface area contributed by atoms with Crippen LogP contribution in [-0.2, 0) is 16.0 Å². The molecule has 3 heterocycles. The van der Waals surface area contributed by atoms with Crippen molar-refractivity contribution in [1.82, 2.24) is 15.2 Å². The van der Waals surface area contributed by atoms with Crippen molar-refractivity contribution in [2.75, 3.05) is 35.2 Å². The van der Waals surface area contributed by atoms with Crippen molar-refractivity contribution in [1.29, 1.82) is 0 Å². The van der Waals surface area contributed by atoms with Gasteiger partial charge in [-0.05, 0) is 68.4 Å². The average Bonchev–Trinajstić information content (AvgIpc) is 3.38. The van der Waals surface area contributed by atoms with Crippen molar-refractivity contribution in [3.63, 3.8) is 0 Å². The van der Waals surface area contributed by atoms with Crippen molar-refractivity contribution >= 4 is 35.1 Å². The second kappa shape index (κ2) is 11.9. The fraction of sp³-hybridized carbons (Fsp3) is 0.444. The molecule has 10 nitrogen and oxygen atoms in total. The molecule has 2 aromatic heterocycles. The highest BCUT2D eigenvalue weighted by Crippen LogP contribution is 2.30. The summed E-state index contributed by atoms with van der Waals surface area (Å²) < 4.78 is 10.7. The van der Waals surface area contributed by atoms with E-state index in [1.54, 1.807) is 6.20 Å². The molecular weight excluding hydrogens is 472 g/mol. The van der Waals surface area contributed by atoms with Crippen molar-refractivity contribution in [2.24, 2.45) is 11.8 Å². The fourth-order valence-electron chi connectivity index (χ4n) is 4.54. The van der Waals surface area contributed by atoms with Gasteiger partial charge in [-0.25, -0.2) is 4.98 Å². The first-order chi connectivity index (χ1) is 17.9. The van der Waals surface area contributed by atoms with Gasteiger partial charge in [0, 0.05) is 18.8 Å². The minimum Gasteiger partial charge on any atom is -0.466 e. The molecule has 4 rings (SSSR count). The number of rotatable bonds is 9. The van der Waals surface area contributed by atoms with Crippen LogP contribution in [0.1, 0.15) is 55.4 Å². The van der Waals surface area contributed by atoms with Crippen LogP contribution >= 0.6 is 0 Å². The summed E-state index contributed by atoms with van der Waals surface area (Å²) in [5.74, 6) is 0.301. The van der Waals surface area contributed by atoms with Crippen LogP contribution in [0.15, 0.2) is 40.9 Å². The first-order valence-electron chi connectivity index (χ1n) is 12.8. The van der Waals surface area contributed by atoms with Gasteiger partial charge in [0.2, 0.25) is 0 Å². The Morgan fingerprint density at radius 1 is 1.14 bits per heavy atom. The molecule has 3 aromatic rings. The van der Waals surface area contributed by atoms with E-state index in [-0.39, 0.29) is 23.8 Å². The summed E-state index contributed by atoms with van der Waals surface area (Å²) >= 11 is 0. The highest BCUT2D eigenvalue weighted by atomic mass is 16.5. The minimum atomic E-state index is -0.510. The second-order valence-electron chi connectivity index (χ2n) is 9.27. The molecule has 0 spiro atoms. The molecule has 1 aliphatic rings. The van der Waals surface area contributed by atoms with E-state index in [2.05, 4.69) is 37.6 Å². The maximum atomic E-state index is 12.7. The molecule has 1 fully saturated rings. The van der Waals surface area contributed by atoms with Gasteiger partial charge < -0.3 is 24.7 Å². The molecule has 1 aliphatic heterocycles. The summed E-state index contributed by atoms with van der Waals surface area (Å²) in [6.45, 7) is 9.87. The van der Waals surface area contributed by atoms with Crippen LogP contribution in [0, 0.1) is 18.8 Å². The second-order valence-corrected chi connectivity index (χ2v) is 9.27. The summed E-state index contributed by atoms with van der Waals surface area (Å²) in [5.41, 5.74) is 3.50. The number of carbonyl (C=O) groups excluding carboxylic acids is 2. The number of pyridine rings is 1. The third-order valence-corrected chi connectivity index (χ3v) is 6.75. The summed E-state index contributed by atoms with van der Waals surface area (Å²) in [7, 11) is 0. The number of benzene rings is 1. The number of hydrogen-bond acceptors (Lipinski definition) is 9. The number of ether oxygens (including phenoxy) is 1. The van der Waals surface area contributed by atoms with E-state index in [1.807, 2.05) is 51.1 Å². The maximum Gasteiger partial charge on any atom is 0.320 e. The minimum absolute atomic E-state index is 0.101. The highest BCUT2D eigenvalue weighted by Gasteiger charge is 2.30. The van der Waals surface area contributed by atoms with Gasteiger partial charge >= 0.3 is 23.8 Å². The number of nitrogens with zero attached hydrogens (tertiary/aromatic N) is 4. The Balaban J connectivity index is 1.32. The summed E-state index contributed by atoms with van der Waals surface area (Å²) in [4.78, 5) is 31.6. The Morgan fingerprint density at radius 3 is 2.51 bits per heavy atom. The van der Waals surface area contributed by atoms with E-state index in [9.17, 15) is 9.59 Å². The Hall–Kier alpha value is -3.95. The zero-order valence-electron chi connectivity index (χ0n) is 21.8. The number of anilines is 4. The zero-order chi connectivity index (χ0) is 26.4. The maximum absolute atomic E-state index is 12.7. The van der Waals surface area contributed by atoms with Crippen molar-refractivity contribution in [2.45, 2.75) is 47.0 Å². The molecule has 0 saturated carbocycles. The lowest BCUT2D eigenvalue weighted by Gasteiger charge is -2.35. The SMILES string of the molecule is CCOC(=O)C(C)C1CCN(c2ncc(NC(=O)c3nnc(Nc4ccc(CC)cc4)o3)cc2C)CC1. The quantitative estimate of drug-likeness (QED) is 0.396. The van der Waals surface area contributed by atoms with Gasteiger partial charge in [0.15, 0.2) is 0 Å². The molecule has 0 bridgehead atoms. The van der Waals surface area contributed by atoms with Crippen LogP contribution < -0.4 is 15.5 Å². The number of carbonyl (C=O) groups is 2. The first kappa shape index (κ1) is 26.1. The molecular formula is C27H34N6O4. The van der Waals surface area contributed by atoms with E-state index >= 15 is 0 Å². The zero-order valence-corrected chi connectivity index (χ0v) is 21.8. The number of nitrogens with one attached hydrogen (secondary N) is 2. The van der Waals surface area contributed by atoms with E-state index in [0.29, 0.717) is 18.2 Å². The molecule has 0 aliphatic carbocycles. The van der Waals surface area contributed by atoms with Crippen LogP contribution in [0.5, 0.6) is 0 Å². The fourth-order valence-corrected chi connectivity index (χ4v) is 4.54. The predicted octanol–water partition coefficient (Wildman–Crippen LogP) is 4.75. The van der Waals surface area contributed by atoms with Crippen LogP contribution in [0.25, 0.3) is 0 Å². The van der Waals surface area contributed by atoms with Crippen LogP contribution in [0.4, 0.5) is 23.2 Å². The predicted molar refractivity (Wildman–Crippen MR) is 141 cm³/mol. The number of esters is 1. The third-order valence-electron chi connectivity index (χ3n) is 6.75. The van der Waals surface area contributed by atoms with Crippen molar-refractivity contribution in [3.8, 4) is 0 Å². The lowest BCUT2D eigenvalue weighted by molar-refractivity contribution is -0.149. The van der Waals surface area contributed by atoms with Gasteiger partial charge in [0.1, 0.15) is 5.82 Å². The molecule has 37 heavy (non-hydrogen) atoms. The number of aromatic nitrogens is 3. The molecule has 1 unspecified atom stereocenters.